The molecule has 2 heteroatoms. The van der Waals surface area contributed by atoms with Gasteiger partial charge in [0.15, 0.2) is 0 Å². The second-order valence-electron chi connectivity index (χ2n) is 12.8. The zero-order valence-electron chi connectivity index (χ0n) is 27.8. The summed E-state index contributed by atoms with van der Waals surface area (Å²) in [5, 5.41) is 7.71. The number of hydrogen-bond acceptors (Lipinski definition) is 2. The van der Waals surface area contributed by atoms with Gasteiger partial charge in [0.1, 0.15) is 0 Å². The molecule has 8 aromatic rings. The van der Waals surface area contributed by atoms with E-state index in [1.165, 1.54) is 79.7 Å². The van der Waals surface area contributed by atoms with E-state index in [0.717, 1.165) is 23.1 Å². The first-order valence-corrected chi connectivity index (χ1v) is 18.8. The summed E-state index contributed by atoms with van der Waals surface area (Å²) in [5.41, 5.74) is 9.41. The number of allylic oxidation sites excluding steroid dienone is 1. The van der Waals surface area contributed by atoms with Crippen LogP contribution in [0.1, 0.15) is 30.0 Å². The van der Waals surface area contributed by atoms with Gasteiger partial charge in [0, 0.05) is 19.6 Å². The van der Waals surface area contributed by atoms with Crippen molar-refractivity contribution in [1.82, 2.24) is 0 Å². The molecule has 0 spiro atoms. The predicted octanol–water partition coefficient (Wildman–Crippen LogP) is 14.6. The van der Waals surface area contributed by atoms with E-state index in [0.29, 0.717) is 0 Å². The lowest BCUT2D eigenvalue weighted by Gasteiger charge is -2.23. The van der Waals surface area contributed by atoms with E-state index < -0.39 is 0 Å². The number of rotatable bonds is 6. The minimum atomic E-state index is 0.994. The standard InChI is InChI=1S/C48H34S2/c1-3-4-14-32-15-5-6-16-35(32)31(2)33-25-27-41(42-21-13-24-47-48(42)50-46-23-12-11-22-45(46)49-47)43(29-33)34-26-28-40-38-19-8-7-17-36(38)37-18-9-10-20-39(37)44(40)30-34/h4-30H,2-3H2,1H3/b14-4-. The Kier molecular flexibility index (Phi) is 7.92. The monoisotopic (exact) mass is 674 g/mol. The van der Waals surface area contributed by atoms with Gasteiger partial charge in [0.2, 0.25) is 0 Å². The highest BCUT2D eigenvalue weighted by Crippen LogP contribution is 2.53. The molecule has 0 saturated carbocycles. The minimum Gasteiger partial charge on any atom is -0.0905 e. The van der Waals surface area contributed by atoms with Crippen LogP contribution in [0.5, 0.6) is 0 Å². The Morgan fingerprint density at radius 2 is 1.14 bits per heavy atom. The maximum absolute atomic E-state index is 4.68. The van der Waals surface area contributed by atoms with Gasteiger partial charge in [-0.2, -0.15) is 0 Å². The van der Waals surface area contributed by atoms with Crippen molar-refractivity contribution < 1.29 is 0 Å². The van der Waals surface area contributed by atoms with E-state index in [9.17, 15) is 0 Å². The molecule has 0 bridgehead atoms. The van der Waals surface area contributed by atoms with E-state index in [1.807, 2.05) is 23.5 Å². The predicted molar refractivity (Wildman–Crippen MR) is 218 cm³/mol. The van der Waals surface area contributed by atoms with Gasteiger partial charge >= 0.3 is 0 Å². The molecule has 0 amide bonds. The van der Waals surface area contributed by atoms with Crippen molar-refractivity contribution in [2.75, 3.05) is 0 Å². The fourth-order valence-corrected chi connectivity index (χ4v) is 9.75. The highest BCUT2D eigenvalue weighted by molar-refractivity contribution is 8.05. The Balaban J connectivity index is 1.28. The first-order valence-electron chi connectivity index (χ1n) is 17.2. The molecule has 9 rings (SSSR count). The number of fused-ring (bicyclic) bond motifs is 8. The maximum Gasteiger partial charge on any atom is 0.0341 e. The highest BCUT2D eigenvalue weighted by atomic mass is 32.2. The Morgan fingerprint density at radius 1 is 0.520 bits per heavy atom. The summed E-state index contributed by atoms with van der Waals surface area (Å²) < 4.78 is 0. The van der Waals surface area contributed by atoms with Crippen LogP contribution in [0, 0.1) is 0 Å². The van der Waals surface area contributed by atoms with Crippen LogP contribution in [0.4, 0.5) is 0 Å². The summed E-state index contributed by atoms with van der Waals surface area (Å²) >= 11 is 3.75. The zero-order chi connectivity index (χ0) is 33.6. The summed E-state index contributed by atoms with van der Waals surface area (Å²) in [6, 6.07) is 55.8. The van der Waals surface area contributed by atoms with Crippen LogP contribution in [-0.2, 0) is 0 Å². The van der Waals surface area contributed by atoms with Gasteiger partial charge < -0.3 is 0 Å². The molecule has 0 N–H and O–H groups in total. The topological polar surface area (TPSA) is 0 Å². The Labute approximate surface area is 302 Å². The van der Waals surface area contributed by atoms with Gasteiger partial charge in [-0.1, -0.05) is 171 Å². The normalized spacial score (nSPS) is 12.4. The van der Waals surface area contributed by atoms with Crippen molar-refractivity contribution >= 4 is 67.5 Å². The number of hydrogen-bond donors (Lipinski definition) is 0. The van der Waals surface area contributed by atoms with Crippen LogP contribution in [0.3, 0.4) is 0 Å². The molecule has 0 unspecified atom stereocenters. The summed E-state index contributed by atoms with van der Waals surface area (Å²) in [6.45, 7) is 6.85. The van der Waals surface area contributed by atoms with Crippen LogP contribution in [0.25, 0.3) is 66.2 Å². The van der Waals surface area contributed by atoms with Crippen molar-refractivity contribution in [1.29, 1.82) is 0 Å². The summed E-state index contributed by atoms with van der Waals surface area (Å²) in [6.07, 6.45) is 5.43. The molecule has 0 atom stereocenters. The molecule has 0 aromatic heterocycles. The Morgan fingerprint density at radius 3 is 1.88 bits per heavy atom. The van der Waals surface area contributed by atoms with Crippen LogP contribution >= 0.6 is 23.5 Å². The zero-order valence-corrected chi connectivity index (χ0v) is 29.5. The third-order valence-electron chi connectivity index (χ3n) is 9.79. The molecule has 1 aliphatic heterocycles. The summed E-state index contributed by atoms with van der Waals surface area (Å²) in [7, 11) is 0. The van der Waals surface area contributed by atoms with Crippen LogP contribution in [0.15, 0.2) is 184 Å². The average Bonchev–Trinajstić information content (AvgIpc) is 3.18. The Bertz CT molecular complexity index is 2620. The second-order valence-corrected chi connectivity index (χ2v) is 14.9. The molecule has 0 radical (unpaired) electrons. The molecule has 0 saturated heterocycles. The quantitative estimate of drug-likeness (QED) is 0.161. The molecule has 1 aliphatic rings. The molecule has 0 fully saturated rings. The maximum atomic E-state index is 4.68. The molecular weight excluding hydrogens is 641 g/mol. The van der Waals surface area contributed by atoms with E-state index in [4.69, 9.17) is 0 Å². The fourth-order valence-electron chi connectivity index (χ4n) is 7.36. The minimum absolute atomic E-state index is 0.994. The molecule has 238 valence electrons. The largest absolute Gasteiger partial charge is 0.0905 e. The van der Waals surface area contributed by atoms with Crippen molar-refractivity contribution in [2.24, 2.45) is 0 Å². The van der Waals surface area contributed by atoms with Gasteiger partial charge in [-0.3, -0.25) is 0 Å². The average molecular weight is 675 g/mol. The van der Waals surface area contributed by atoms with Gasteiger partial charge in [-0.15, -0.1) is 0 Å². The molecule has 1 heterocycles. The summed E-state index contributed by atoms with van der Waals surface area (Å²) in [5.74, 6) is 0. The van der Waals surface area contributed by atoms with Crippen molar-refractivity contribution in [3.63, 3.8) is 0 Å². The molecule has 0 nitrogen and oxygen atoms in total. The number of benzene rings is 8. The highest BCUT2D eigenvalue weighted by Gasteiger charge is 2.22. The van der Waals surface area contributed by atoms with Gasteiger partial charge in [-0.05, 0) is 114 Å². The fraction of sp³-hybridized carbons (Fsp3) is 0.0417. The van der Waals surface area contributed by atoms with E-state index in [1.54, 1.807) is 0 Å². The van der Waals surface area contributed by atoms with Gasteiger partial charge in [0.05, 0.1) is 0 Å². The molecule has 0 aliphatic carbocycles. The van der Waals surface area contributed by atoms with Gasteiger partial charge in [0.25, 0.3) is 0 Å². The van der Waals surface area contributed by atoms with Crippen molar-refractivity contribution in [3.8, 4) is 22.3 Å². The third kappa shape index (κ3) is 5.28. The van der Waals surface area contributed by atoms with E-state index >= 15 is 0 Å². The molecule has 8 aromatic carbocycles. The molecule has 50 heavy (non-hydrogen) atoms. The van der Waals surface area contributed by atoms with Crippen LogP contribution < -0.4 is 0 Å². The lowest BCUT2D eigenvalue weighted by atomic mass is 9.87. The van der Waals surface area contributed by atoms with Gasteiger partial charge in [-0.25, -0.2) is 0 Å². The van der Waals surface area contributed by atoms with E-state index in [2.05, 4.69) is 177 Å². The smallest absolute Gasteiger partial charge is 0.0341 e. The lowest BCUT2D eigenvalue weighted by Crippen LogP contribution is -1.96. The molecular formula is C48H34S2. The third-order valence-corrected chi connectivity index (χ3v) is 12.4. The SMILES string of the molecule is C=C(c1ccc(-c2cccc3c2Sc2ccccc2S3)c(-c2ccc3c4ccccc4c4ccccc4c3c2)c1)c1ccccc1/C=C\CC. The van der Waals surface area contributed by atoms with Crippen molar-refractivity contribution in [2.45, 2.75) is 32.9 Å². The Hall–Kier alpha value is -5.28. The van der Waals surface area contributed by atoms with Crippen LogP contribution in [-0.4, -0.2) is 0 Å². The first kappa shape index (κ1) is 30.8. The first-order chi connectivity index (χ1) is 24.7. The van der Waals surface area contributed by atoms with E-state index in [-0.39, 0.29) is 0 Å². The van der Waals surface area contributed by atoms with Crippen LogP contribution in [0.2, 0.25) is 0 Å². The van der Waals surface area contributed by atoms with Crippen molar-refractivity contribution in [3.05, 3.63) is 181 Å². The summed E-state index contributed by atoms with van der Waals surface area (Å²) in [4.78, 5) is 5.25. The second kappa shape index (κ2) is 12.9. The lowest BCUT2D eigenvalue weighted by molar-refractivity contribution is 1.16.